The second kappa shape index (κ2) is 13.6. The lowest BCUT2D eigenvalue weighted by atomic mass is 10.2. The Morgan fingerprint density at radius 3 is 2.43 bits per heavy atom. The lowest BCUT2D eigenvalue weighted by Crippen LogP contribution is -2.22. The molecule has 2 heteroatoms. The van der Waals surface area contributed by atoms with Crippen molar-refractivity contribution in [1.82, 2.24) is 0 Å². The first-order valence-corrected chi connectivity index (χ1v) is 8.04. The summed E-state index contributed by atoms with van der Waals surface area (Å²) in [5, 5.41) is 0. The second-order valence-corrected chi connectivity index (χ2v) is 4.98. The van der Waals surface area contributed by atoms with E-state index in [0.29, 0.717) is 19.4 Å². The third-order valence-corrected chi connectivity index (χ3v) is 3.11. The molecule has 2 nitrogen and oxygen atoms in total. The smallest absolute Gasteiger partial charge is 0.158 e. The van der Waals surface area contributed by atoms with Gasteiger partial charge in [-0.1, -0.05) is 49.4 Å². The first kappa shape index (κ1) is 17.7. The van der Waals surface area contributed by atoms with Crippen LogP contribution in [-0.2, 0) is 9.47 Å². The Bertz CT molecular complexity index is 427. The first-order chi connectivity index (χ1) is 10.4. The number of rotatable bonds is 5. The molecule has 0 saturated carbocycles. The van der Waals surface area contributed by atoms with E-state index in [-0.39, 0.29) is 6.29 Å². The van der Waals surface area contributed by atoms with Crippen LogP contribution in [0.5, 0.6) is 0 Å². The summed E-state index contributed by atoms with van der Waals surface area (Å²) in [5.74, 6) is 18.2. The predicted molar refractivity (Wildman–Crippen MR) is 86.2 cm³/mol. The zero-order chi connectivity index (χ0) is 15.0. The van der Waals surface area contributed by atoms with Crippen LogP contribution >= 0.6 is 0 Å². The van der Waals surface area contributed by atoms with E-state index in [4.69, 9.17) is 9.47 Å². The molecule has 1 aliphatic heterocycles. The van der Waals surface area contributed by atoms with Crippen LogP contribution in [0, 0.1) is 35.5 Å². The highest BCUT2D eigenvalue weighted by atomic mass is 16.7. The van der Waals surface area contributed by atoms with Crippen LogP contribution in [0.1, 0.15) is 64.7 Å². The number of ether oxygens (including phenoxy) is 2. The fraction of sp³-hybridized carbons (Fsp3) is 0.684. The van der Waals surface area contributed by atoms with Gasteiger partial charge >= 0.3 is 0 Å². The van der Waals surface area contributed by atoms with Crippen molar-refractivity contribution < 1.29 is 9.47 Å². The maximum Gasteiger partial charge on any atom is 0.158 e. The molecule has 1 heterocycles. The SMILES string of the molecule is CCCCCC#CCC#CCC#CCO[C@@H]1CCCCO1. The minimum absolute atomic E-state index is 0.0536. The van der Waals surface area contributed by atoms with Crippen molar-refractivity contribution in [2.45, 2.75) is 71.0 Å². The van der Waals surface area contributed by atoms with Gasteiger partial charge in [-0.15, -0.1) is 5.92 Å². The van der Waals surface area contributed by atoms with Gasteiger partial charge in [0.25, 0.3) is 0 Å². The summed E-state index contributed by atoms with van der Waals surface area (Å²) in [6.45, 7) is 3.44. The van der Waals surface area contributed by atoms with Crippen LogP contribution in [0.15, 0.2) is 0 Å². The van der Waals surface area contributed by atoms with Gasteiger partial charge in [-0.3, -0.25) is 0 Å². The lowest BCUT2D eigenvalue weighted by Gasteiger charge is -2.21. The Morgan fingerprint density at radius 1 is 0.952 bits per heavy atom. The summed E-state index contributed by atoms with van der Waals surface area (Å²) in [7, 11) is 0. The Morgan fingerprint density at radius 2 is 1.71 bits per heavy atom. The van der Waals surface area contributed by atoms with E-state index < -0.39 is 0 Å². The van der Waals surface area contributed by atoms with Gasteiger partial charge in [0, 0.05) is 13.0 Å². The summed E-state index contributed by atoms with van der Waals surface area (Å²) in [5.41, 5.74) is 0. The standard InChI is InChI=1S/C19H26O2/c1-2-3-4-5-6-7-8-9-10-11-12-14-17-20-19-16-13-15-18-21-19/h19H,2-5,8,11,13,15-18H2,1H3/t19-/m0/s1. The van der Waals surface area contributed by atoms with Crippen molar-refractivity contribution in [3.8, 4) is 35.5 Å². The Kier molecular flexibility index (Phi) is 11.4. The average Bonchev–Trinajstić information content (AvgIpc) is 2.53. The quantitative estimate of drug-likeness (QED) is 0.564. The minimum Gasteiger partial charge on any atom is -0.353 e. The molecular weight excluding hydrogens is 260 g/mol. The molecule has 114 valence electrons. The second-order valence-electron chi connectivity index (χ2n) is 4.98. The normalized spacial score (nSPS) is 16.7. The third-order valence-electron chi connectivity index (χ3n) is 3.11. The molecule has 21 heavy (non-hydrogen) atoms. The Hall–Kier alpha value is -1.40. The molecule has 1 saturated heterocycles. The van der Waals surface area contributed by atoms with E-state index in [9.17, 15) is 0 Å². The molecule has 0 N–H and O–H groups in total. The molecule has 1 aliphatic rings. The highest BCUT2D eigenvalue weighted by molar-refractivity contribution is 5.16. The zero-order valence-corrected chi connectivity index (χ0v) is 13.2. The van der Waals surface area contributed by atoms with Crippen LogP contribution in [0.4, 0.5) is 0 Å². The Balaban J connectivity index is 1.98. The van der Waals surface area contributed by atoms with Crippen LogP contribution in [0.25, 0.3) is 0 Å². The van der Waals surface area contributed by atoms with Gasteiger partial charge in [-0.2, -0.15) is 0 Å². The van der Waals surface area contributed by atoms with E-state index in [1.807, 2.05) is 0 Å². The molecule has 0 spiro atoms. The van der Waals surface area contributed by atoms with Crippen LogP contribution in [0.2, 0.25) is 0 Å². The number of hydrogen-bond acceptors (Lipinski definition) is 2. The van der Waals surface area contributed by atoms with Crippen molar-refractivity contribution in [3.05, 3.63) is 0 Å². The molecule has 1 rings (SSSR count). The number of hydrogen-bond donors (Lipinski definition) is 0. The maximum absolute atomic E-state index is 5.51. The highest BCUT2D eigenvalue weighted by Gasteiger charge is 2.12. The molecule has 0 aromatic heterocycles. The summed E-state index contributed by atoms with van der Waals surface area (Å²) < 4.78 is 11.0. The van der Waals surface area contributed by atoms with Gasteiger partial charge in [0.2, 0.25) is 0 Å². The van der Waals surface area contributed by atoms with E-state index in [1.165, 1.54) is 25.7 Å². The largest absolute Gasteiger partial charge is 0.353 e. The molecular formula is C19H26O2. The van der Waals surface area contributed by atoms with Gasteiger partial charge in [-0.05, 0) is 25.7 Å². The monoisotopic (exact) mass is 286 g/mol. The van der Waals surface area contributed by atoms with Crippen molar-refractivity contribution >= 4 is 0 Å². The molecule has 0 radical (unpaired) electrons. The third kappa shape index (κ3) is 11.0. The van der Waals surface area contributed by atoms with Crippen molar-refractivity contribution in [2.24, 2.45) is 0 Å². The van der Waals surface area contributed by atoms with Crippen LogP contribution in [0.3, 0.4) is 0 Å². The van der Waals surface area contributed by atoms with Crippen LogP contribution < -0.4 is 0 Å². The fourth-order valence-electron chi connectivity index (χ4n) is 1.92. The predicted octanol–water partition coefficient (Wildman–Crippen LogP) is 3.90. The molecule has 0 bridgehead atoms. The fourth-order valence-corrected chi connectivity index (χ4v) is 1.92. The molecule has 0 aliphatic carbocycles. The topological polar surface area (TPSA) is 18.5 Å². The molecule has 0 aromatic carbocycles. The van der Waals surface area contributed by atoms with E-state index >= 15 is 0 Å². The van der Waals surface area contributed by atoms with Gasteiger partial charge in [-0.25, -0.2) is 0 Å². The lowest BCUT2D eigenvalue weighted by molar-refractivity contribution is -0.154. The van der Waals surface area contributed by atoms with Gasteiger partial charge in [0.05, 0.1) is 12.8 Å². The van der Waals surface area contributed by atoms with Crippen molar-refractivity contribution in [2.75, 3.05) is 13.2 Å². The average molecular weight is 286 g/mol. The summed E-state index contributed by atoms with van der Waals surface area (Å²) in [6, 6.07) is 0. The zero-order valence-electron chi connectivity index (χ0n) is 13.2. The molecule has 1 fully saturated rings. The maximum atomic E-state index is 5.51. The molecule has 0 aromatic rings. The van der Waals surface area contributed by atoms with Crippen molar-refractivity contribution in [3.63, 3.8) is 0 Å². The van der Waals surface area contributed by atoms with Gasteiger partial charge < -0.3 is 9.47 Å². The van der Waals surface area contributed by atoms with E-state index in [0.717, 1.165) is 25.9 Å². The summed E-state index contributed by atoms with van der Waals surface area (Å²) in [4.78, 5) is 0. The highest BCUT2D eigenvalue weighted by Crippen LogP contribution is 2.12. The molecule has 0 unspecified atom stereocenters. The minimum atomic E-state index is -0.0536. The Labute approximate surface area is 130 Å². The van der Waals surface area contributed by atoms with E-state index in [1.54, 1.807) is 0 Å². The summed E-state index contributed by atoms with van der Waals surface area (Å²) in [6.07, 6.45) is 9.21. The molecule has 0 amide bonds. The first-order valence-electron chi connectivity index (χ1n) is 8.04. The van der Waals surface area contributed by atoms with Gasteiger partial charge in [0.15, 0.2) is 6.29 Å². The number of unbranched alkanes of at least 4 members (excludes halogenated alkanes) is 3. The van der Waals surface area contributed by atoms with Gasteiger partial charge in [0.1, 0.15) is 6.61 Å². The van der Waals surface area contributed by atoms with Crippen molar-refractivity contribution in [1.29, 1.82) is 0 Å². The summed E-state index contributed by atoms with van der Waals surface area (Å²) >= 11 is 0. The van der Waals surface area contributed by atoms with Crippen LogP contribution in [-0.4, -0.2) is 19.5 Å². The van der Waals surface area contributed by atoms with E-state index in [2.05, 4.69) is 42.4 Å². The molecule has 1 atom stereocenters.